The number of unbranched alkanes of at least 4 members (excludes halogenated alkanes) is 3. The molecule has 0 heterocycles. The summed E-state index contributed by atoms with van der Waals surface area (Å²) >= 11 is 0. The van der Waals surface area contributed by atoms with Gasteiger partial charge in [0.25, 0.3) is 5.69 Å². The van der Waals surface area contributed by atoms with E-state index >= 15 is 0 Å². The van der Waals surface area contributed by atoms with Crippen LogP contribution in [0.4, 0.5) is 15.8 Å². The van der Waals surface area contributed by atoms with Gasteiger partial charge in [0.2, 0.25) is 0 Å². The van der Waals surface area contributed by atoms with Crippen molar-refractivity contribution in [3.05, 3.63) is 34.1 Å². The first-order chi connectivity index (χ1) is 9.50. The molecule has 0 aliphatic carbocycles. The van der Waals surface area contributed by atoms with Gasteiger partial charge >= 0.3 is 5.97 Å². The van der Waals surface area contributed by atoms with Crippen LogP contribution >= 0.6 is 0 Å². The van der Waals surface area contributed by atoms with Crippen LogP contribution in [-0.4, -0.2) is 22.5 Å². The lowest BCUT2D eigenvalue weighted by Gasteiger charge is -2.07. The predicted molar refractivity (Wildman–Crippen MR) is 72.3 cm³/mol. The molecule has 110 valence electrons. The number of hydrogen-bond acceptors (Lipinski definition) is 4. The Morgan fingerprint density at radius 1 is 1.30 bits per heavy atom. The lowest BCUT2D eigenvalue weighted by Crippen LogP contribution is -2.05. The number of benzene rings is 1. The molecule has 0 spiro atoms. The van der Waals surface area contributed by atoms with Crippen molar-refractivity contribution in [2.45, 2.75) is 32.1 Å². The molecule has 2 N–H and O–H groups in total. The van der Waals surface area contributed by atoms with Crippen LogP contribution in [0.25, 0.3) is 0 Å². The lowest BCUT2D eigenvalue weighted by molar-refractivity contribution is -0.384. The number of hydrogen-bond donors (Lipinski definition) is 2. The Morgan fingerprint density at radius 2 is 2.00 bits per heavy atom. The number of nitrogens with zero attached hydrogens (tertiary/aromatic N) is 1. The summed E-state index contributed by atoms with van der Waals surface area (Å²) in [6, 6.07) is 3.28. The molecule has 0 aliphatic heterocycles. The number of halogens is 1. The Bertz CT molecular complexity index is 479. The van der Waals surface area contributed by atoms with Crippen molar-refractivity contribution < 1.29 is 19.2 Å². The van der Waals surface area contributed by atoms with Crippen LogP contribution in [0, 0.1) is 15.9 Å². The van der Waals surface area contributed by atoms with E-state index in [1.54, 1.807) is 0 Å². The molecule has 1 aromatic carbocycles. The molecule has 0 fully saturated rings. The van der Waals surface area contributed by atoms with Crippen LogP contribution in [-0.2, 0) is 4.79 Å². The average Bonchev–Trinajstić information content (AvgIpc) is 2.37. The number of nitro benzene ring substituents is 1. The van der Waals surface area contributed by atoms with E-state index in [4.69, 9.17) is 5.11 Å². The Hall–Kier alpha value is -2.18. The molecular weight excluding hydrogens is 267 g/mol. The van der Waals surface area contributed by atoms with Gasteiger partial charge in [-0.2, -0.15) is 0 Å². The van der Waals surface area contributed by atoms with E-state index < -0.39 is 16.7 Å². The molecule has 0 saturated heterocycles. The fourth-order valence-electron chi connectivity index (χ4n) is 1.79. The van der Waals surface area contributed by atoms with Crippen molar-refractivity contribution in [2.24, 2.45) is 0 Å². The molecule has 0 aliphatic rings. The highest BCUT2D eigenvalue weighted by atomic mass is 19.1. The third kappa shape index (κ3) is 5.64. The lowest BCUT2D eigenvalue weighted by atomic mass is 10.1. The van der Waals surface area contributed by atoms with Gasteiger partial charge in [-0.25, -0.2) is 4.39 Å². The molecule has 0 unspecified atom stereocenters. The van der Waals surface area contributed by atoms with Gasteiger partial charge in [-0.05, 0) is 18.9 Å². The summed E-state index contributed by atoms with van der Waals surface area (Å²) in [5.74, 6) is -1.34. The van der Waals surface area contributed by atoms with E-state index in [0.717, 1.165) is 37.5 Å². The fraction of sp³-hybridized carbons (Fsp3) is 0.462. The summed E-state index contributed by atoms with van der Waals surface area (Å²) in [6.07, 6.45) is 3.13. The first kappa shape index (κ1) is 15.9. The van der Waals surface area contributed by atoms with E-state index in [1.165, 1.54) is 0 Å². The van der Waals surface area contributed by atoms with Gasteiger partial charge in [0.05, 0.1) is 4.92 Å². The quantitative estimate of drug-likeness (QED) is 0.412. The van der Waals surface area contributed by atoms with Crippen molar-refractivity contribution >= 4 is 17.3 Å². The Balaban J connectivity index is 2.33. The van der Waals surface area contributed by atoms with Gasteiger partial charge in [0.15, 0.2) is 0 Å². The zero-order valence-corrected chi connectivity index (χ0v) is 11.0. The third-order valence-corrected chi connectivity index (χ3v) is 2.79. The van der Waals surface area contributed by atoms with Crippen molar-refractivity contribution in [1.29, 1.82) is 0 Å². The molecule has 0 radical (unpaired) electrons. The standard InChI is InChI=1S/C13H17FN2O4/c14-10-6-7-12(16(19)20)11(9-10)15-8-4-2-1-3-5-13(17)18/h6-7,9,15H,1-5,8H2,(H,17,18). The molecule has 1 rings (SSSR count). The number of nitro groups is 1. The third-order valence-electron chi connectivity index (χ3n) is 2.79. The fourth-order valence-corrected chi connectivity index (χ4v) is 1.79. The first-order valence-corrected chi connectivity index (χ1v) is 6.40. The van der Waals surface area contributed by atoms with Crippen molar-refractivity contribution in [1.82, 2.24) is 0 Å². The zero-order valence-electron chi connectivity index (χ0n) is 11.0. The summed E-state index contributed by atoms with van der Waals surface area (Å²) < 4.78 is 13.0. The van der Waals surface area contributed by atoms with E-state index in [1.807, 2.05) is 0 Å². The van der Waals surface area contributed by atoms with Crippen LogP contribution in [0.1, 0.15) is 32.1 Å². The highest BCUT2D eigenvalue weighted by Gasteiger charge is 2.13. The Labute approximate surface area is 115 Å². The monoisotopic (exact) mass is 284 g/mol. The summed E-state index contributed by atoms with van der Waals surface area (Å²) in [5, 5.41) is 22.1. The largest absolute Gasteiger partial charge is 0.481 e. The van der Waals surface area contributed by atoms with Crippen molar-refractivity contribution in [3.8, 4) is 0 Å². The second kappa shape index (κ2) is 8.08. The van der Waals surface area contributed by atoms with Crippen molar-refractivity contribution in [3.63, 3.8) is 0 Å². The maximum absolute atomic E-state index is 13.0. The van der Waals surface area contributed by atoms with Crippen molar-refractivity contribution in [2.75, 3.05) is 11.9 Å². The number of carbonyl (C=O) groups is 1. The van der Waals surface area contributed by atoms with E-state index in [9.17, 15) is 19.3 Å². The molecule has 0 aromatic heterocycles. The van der Waals surface area contributed by atoms with Crippen LogP contribution < -0.4 is 5.32 Å². The molecule has 0 atom stereocenters. The van der Waals surface area contributed by atoms with Gasteiger partial charge < -0.3 is 10.4 Å². The SMILES string of the molecule is O=C(O)CCCCCCNc1cc(F)ccc1[N+](=O)[O-]. The van der Waals surface area contributed by atoms with Crippen LogP contribution in [0.5, 0.6) is 0 Å². The normalized spacial score (nSPS) is 10.2. The van der Waals surface area contributed by atoms with Gasteiger partial charge in [0.1, 0.15) is 11.5 Å². The number of nitrogens with one attached hydrogen (secondary N) is 1. The average molecular weight is 284 g/mol. The minimum atomic E-state index is -0.807. The topological polar surface area (TPSA) is 92.5 Å². The molecular formula is C13H17FN2O4. The van der Waals surface area contributed by atoms with E-state index in [0.29, 0.717) is 13.0 Å². The zero-order chi connectivity index (χ0) is 15.0. The number of carboxylic acids is 1. The van der Waals surface area contributed by atoms with Gasteiger partial charge in [-0.1, -0.05) is 12.8 Å². The number of carboxylic acid groups (broad SMARTS) is 1. The number of aliphatic carboxylic acids is 1. The predicted octanol–water partition coefficient (Wildman–Crippen LogP) is 3.18. The molecule has 0 bridgehead atoms. The second-order valence-corrected chi connectivity index (χ2v) is 4.40. The molecule has 6 nitrogen and oxygen atoms in total. The minimum absolute atomic E-state index is 0.155. The Morgan fingerprint density at radius 3 is 2.65 bits per heavy atom. The van der Waals surface area contributed by atoms with Gasteiger partial charge in [-0.3, -0.25) is 14.9 Å². The smallest absolute Gasteiger partial charge is 0.303 e. The number of rotatable bonds is 9. The molecule has 0 saturated carbocycles. The molecule has 7 heteroatoms. The maximum Gasteiger partial charge on any atom is 0.303 e. The maximum atomic E-state index is 13.0. The highest BCUT2D eigenvalue weighted by Crippen LogP contribution is 2.24. The van der Waals surface area contributed by atoms with Gasteiger partial charge in [-0.15, -0.1) is 0 Å². The summed E-state index contributed by atoms with van der Waals surface area (Å²) in [5.41, 5.74) is 0.0119. The van der Waals surface area contributed by atoms with Crippen LogP contribution in [0.2, 0.25) is 0 Å². The van der Waals surface area contributed by atoms with Gasteiger partial charge in [0, 0.05) is 25.1 Å². The molecule has 20 heavy (non-hydrogen) atoms. The van der Waals surface area contributed by atoms with Crippen LogP contribution in [0.3, 0.4) is 0 Å². The van der Waals surface area contributed by atoms with E-state index in [-0.39, 0.29) is 17.8 Å². The minimum Gasteiger partial charge on any atom is -0.481 e. The summed E-state index contributed by atoms with van der Waals surface area (Å²) in [4.78, 5) is 20.5. The summed E-state index contributed by atoms with van der Waals surface area (Å²) in [7, 11) is 0. The van der Waals surface area contributed by atoms with Crippen LogP contribution in [0.15, 0.2) is 18.2 Å². The first-order valence-electron chi connectivity index (χ1n) is 6.40. The highest BCUT2D eigenvalue weighted by molar-refractivity contribution is 5.66. The number of anilines is 1. The molecule has 0 amide bonds. The van der Waals surface area contributed by atoms with E-state index in [2.05, 4.69) is 5.32 Å². The summed E-state index contributed by atoms with van der Waals surface area (Å²) in [6.45, 7) is 0.483. The second-order valence-electron chi connectivity index (χ2n) is 4.40. The molecule has 1 aromatic rings. The Kier molecular flexibility index (Phi) is 6.42.